The first kappa shape index (κ1) is 23.7. The molecule has 1 atom stereocenters. The van der Waals surface area contributed by atoms with Crippen molar-refractivity contribution >= 4 is 6.09 Å². The van der Waals surface area contributed by atoms with Crippen molar-refractivity contribution in [3.63, 3.8) is 0 Å². The Hall–Kier alpha value is -2.92. The van der Waals surface area contributed by atoms with Gasteiger partial charge in [0.05, 0.1) is 11.6 Å². The summed E-state index contributed by atoms with van der Waals surface area (Å²) in [6.07, 6.45) is -0.398. The third-order valence-electron chi connectivity index (χ3n) is 6.10. The van der Waals surface area contributed by atoms with Gasteiger partial charge in [0.15, 0.2) is 0 Å². The summed E-state index contributed by atoms with van der Waals surface area (Å²) in [4.78, 5) is 14.4. The molecule has 0 aromatic heterocycles. The average molecular weight is 436 g/mol. The summed E-state index contributed by atoms with van der Waals surface area (Å²) in [7, 11) is 0. The summed E-state index contributed by atoms with van der Waals surface area (Å²) in [5.41, 5.74) is 5.15. The van der Waals surface area contributed by atoms with Crippen molar-refractivity contribution in [3.05, 3.63) is 70.3 Å². The number of alkyl carbamates (subject to hydrolysis) is 1. The van der Waals surface area contributed by atoms with Gasteiger partial charge in [0.25, 0.3) is 0 Å². The fraction of sp³-hybridized carbons (Fsp3) is 0.440. The van der Waals surface area contributed by atoms with Gasteiger partial charge in [-0.1, -0.05) is 30.3 Å². The fourth-order valence-corrected chi connectivity index (χ4v) is 3.96. The van der Waals surface area contributed by atoms with E-state index in [1.54, 1.807) is 0 Å². The molecule has 32 heavy (non-hydrogen) atoms. The summed E-state index contributed by atoms with van der Waals surface area (Å²) in [5.74, 6) is 0. The van der Waals surface area contributed by atoms with Crippen LogP contribution in [-0.2, 0) is 17.9 Å². The van der Waals surface area contributed by atoms with Crippen molar-refractivity contribution in [3.8, 4) is 6.07 Å². The highest BCUT2D eigenvalue weighted by atomic mass is 16.5. The van der Waals surface area contributed by atoms with Crippen LogP contribution < -0.4 is 16.0 Å². The molecule has 7 nitrogen and oxygen atoms in total. The van der Waals surface area contributed by atoms with E-state index in [4.69, 9.17) is 10.00 Å². The highest BCUT2D eigenvalue weighted by molar-refractivity contribution is 5.67. The molecule has 1 saturated heterocycles. The lowest BCUT2D eigenvalue weighted by molar-refractivity contribution is 0.138. The molecule has 0 radical (unpaired) electrons. The molecule has 3 N–H and O–H groups in total. The number of nitriles is 1. The quantitative estimate of drug-likeness (QED) is 0.525. The third kappa shape index (κ3) is 6.30. The maximum absolute atomic E-state index is 12.0. The first-order chi connectivity index (χ1) is 15.4. The van der Waals surface area contributed by atoms with Crippen LogP contribution >= 0.6 is 0 Å². The zero-order chi connectivity index (χ0) is 23.0. The number of carbonyl (C=O) groups excluding carboxylic acids is 1. The minimum Gasteiger partial charge on any atom is -0.445 e. The zero-order valence-electron chi connectivity index (χ0n) is 19.2. The number of aryl methyl sites for hydroxylation is 2. The predicted octanol–water partition coefficient (Wildman–Crippen LogP) is 2.81. The molecule has 1 unspecified atom stereocenters. The summed E-state index contributed by atoms with van der Waals surface area (Å²) < 4.78 is 5.37. The lowest BCUT2D eigenvalue weighted by Gasteiger charge is -2.34. The van der Waals surface area contributed by atoms with Crippen molar-refractivity contribution in [1.82, 2.24) is 20.9 Å². The zero-order valence-corrected chi connectivity index (χ0v) is 19.2. The van der Waals surface area contributed by atoms with Crippen molar-refractivity contribution in [1.29, 1.82) is 5.26 Å². The maximum atomic E-state index is 12.0. The Balaban J connectivity index is 1.37. The summed E-state index contributed by atoms with van der Waals surface area (Å²) in [5, 5.41) is 18.7. The molecule has 170 valence electrons. The SMILES string of the molecule is Cc1cccc(C)c1COC(=O)NCCNCC1(C)CNCN1Cc1ccc(C#N)cc1. The first-order valence-corrected chi connectivity index (χ1v) is 11.0. The molecule has 0 saturated carbocycles. The maximum Gasteiger partial charge on any atom is 0.407 e. The van der Waals surface area contributed by atoms with Crippen molar-refractivity contribution in [2.24, 2.45) is 0 Å². The minimum absolute atomic E-state index is 0.0310. The van der Waals surface area contributed by atoms with E-state index in [9.17, 15) is 4.79 Å². The number of carbonyl (C=O) groups is 1. The smallest absolute Gasteiger partial charge is 0.407 e. The second-order valence-electron chi connectivity index (χ2n) is 8.64. The summed E-state index contributed by atoms with van der Waals surface area (Å²) in [6, 6.07) is 16.0. The molecule has 0 bridgehead atoms. The average Bonchev–Trinajstić information content (AvgIpc) is 3.13. The van der Waals surface area contributed by atoms with Crippen LogP contribution in [0.1, 0.15) is 34.7 Å². The molecule has 2 aromatic rings. The van der Waals surface area contributed by atoms with Crippen molar-refractivity contribution in [2.45, 2.75) is 39.5 Å². The van der Waals surface area contributed by atoms with E-state index in [1.165, 1.54) is 5.56 Å². The van der Waals surface area contributed by atoms with E-state index in [1.807, 2.05) is 56.3 Å². The van der Waals surface area contributed by atoms with E-state index >= 15 is 0 Å². The van der Waals surface area contributed by atoms with Crippen LogP contribution in [0.3, 0.4) is 0 Å². The Bertz CT molecular complexity index is 934. The van der Waals surface area contributed by atoms with E-state index in [-0.39, 0.29) is 12.1 Å². The number of benzene rings is 2. The Morgan fingerprint density at radius 1 is 1.19 bits per heavy atom. The van der Waals surface area contributed by atoms with Crippen LogP contribution in [0.4, 0.5) is 4.79 Å². The van der Waals surface area contributed by atoms with Gasteiger partial charge in [0.1, 0.15) is 6.61 Å². The number of rotatable bonds is 9. The van der Waals surface area contributed by atoms with Gasteiger partial charge >= 0.3 is 6.09 Å². The highest BCUT2D eigenvalue weighted by Crippen LogP contribution is 2.21. The molecule has 1 fully saturated rings. The Morgan fingerprint density at radius 3 is 2.59 bits per heavy atom. The minimum atomic E-state index is -0.398. The van der Waals surface area contributed by atoms with Gasteiger partial charge in [0, 0.05) is 44.9 Å². The molecule has 1 aliphatic rings. The number of hydrogen-bond acceptors (Lipinski definition) is 6. The van der Waals surface area contributed by atoms with Gasteiger partial charge in [-0.05, 0) is 55.2 Å². The number of ether oxygens (including phenoxy) is 1. The molecule has 0 spiro atoms. The van der Waals surface area contributed by atoms with Gasteiger partial charge in [-0.3, -0.25) is 4.90 Å². The second-order valence-corrected chi connectivity index (χ2v) is 8.64. The number of nitrogens with one attached hydrogen (secondary N) is 3. The molecule has 3 rings (SSSR count). The molecule has 0 aliphatic carbocycles. The fourth-order valence-electron chi connectivity index (χ4n) is 3.96. The Labute approximate surface area is 190 Å². The monoisotopic (exact) mass is 435 g/mol. The lowest BCUT2D eigenvalue weighted by atomic mass is 10.0. The first-order valence-electron chi connectivity index (χ1n) is 11.0. The van der Waals surface area contributed by atoms with Crippen molar-refractivity contribution in [2.75, 3.05) is 32.8 Å². The largest absolute Gasteiger partial charge is 0.445 e. The van der Waals surface area contributed by atoms with E-state index in [0.717, 1.165) is 43.0 Å². The molecule has 1 heterocycles. The summed E-state index contributed by atoms with van der Waals surface area (Å²) >= 11 is 0. The van der Waals surface area contributed by atoms with Crippen molar-refractivity contribution < 1.29 is 9.53 Å². The molecule has 1 amide bonds. The van der Waals surface area contributed by atoms with Gasteiger partial charge < -0.3 is 20.7 Å². The predicted molar refractivity (Wildman–Crippen MR) is 125 cm³/mol. The van der Waals surface area contributed by atoms with Crippen LogP contribution in [0.2, 0.25) is 0 Å². The van der Waals surface area contributed by atoms with Gasteiger partial charge in [0.2, 0.25) is 0 Å². The van der Waals surface area contributed by atoms with E-state index in [2.05, 4.69) is 33.8 Å². The lowest BCUT2D eigenvalue weighted by Crippen LogP contribution is -2.51. The molecular formula is C25H33N5O2. The number of hydrogen-bond donors (Lipinski definition) is 3. The summed E-state index contributed by atoms with van der Waals surface area (Å²) in [6.45, 7) is 11.1. The van der Waals surface area contributed by atoms with Crippen LogP contribution in [0, 0.1) is 25.2 Å². The third-order valence-corrected chi connectivity index (χ3v) is 6.10. The standard InChI is InChI=1S/C25H33N5O2/c1-19-5-4-6-20(2)23(19)15-32-24(31)29-12-11-27-16-25(3)17-28-18-30(25)14-22-9-7-21(13-26)8-10-22/h4-10,27-28H,11-12,14-18H2,1-3H3,(H,29,31). The van der Waals surface area contributed by atoms with Crippen LogP contribution in [0.15, 0.2) is 42.5 Å². The van der Waals surface area contributed by atoms with Crippen LogP contribution in [-0.4, -0.2) is 49.4 Å². The normalized spacial score (nSPS) is 18.3. The van der Waals surface area contributed by atoms with Crippen LogP contribution in [0.25, 0.3) is 0 Å². The number of nitrogens with zero attached hydrogens (tertiary/aromatic N) is 2. The Morgan fingerprint density at radius 2 is 1.91 bits per heavy atom. The molecular weight excluding hydrogens is 402 g/mol. The van der Waals surface area contributed by atoms with Gasteiger partial charge in [-0.15, -0.1) is 0 Å². The molecule has 2 aromatic carbocycles. The second kappa shape index (κ2) is 11.1. The topological polar surface area (TPSA) is 89.4 Å². The van der Waals surface area contributed by atoms with Gasteiger partial charge in [-0.25, -0.2) is 4.79 Å². The van der Waals surface area contributed by atoms with Gasteiger partial charge in [-0.2, -0.15) is 5.26 Å². The molecule has 7 heteroatoms. The highest BCUT2D eigenvalue weighted by Gasteiger charge is 2.35. The Kier molecular flexibility index (Phi) is 8.23. The van der Waals surface area contributed by atoms with Crippen LogP contribution in [0.5, 0.6) is 0 Å². The van der Waals surface area contributed by atoms with E-state index in [0.29, 0.717) is 18.7 Å². The van der Waals surface area contributed by atoms with E-state index < -0.39 is 6.09 Å². The number of amides is 1. The molecule has 1 aliphatic heterocycles.